The number of quaternary nitrogens is 1. The van der Waals surface area contributed by atoms with Gasteiger partial charge in [-0.25, -0.2) is 0 Å². The smallest absolute Gasteiger partial charge is 0.166 e. The minimum atomic E-state index is -1.89. The number of aliphatic hydroxyl groups is 1. The van der Waals surface area contributed by atoms with Gasteiger partial charge in [0.1, 0.15) is 36.9 Å². The topological polar surface area (TPSA) is 139 Å². The molecule has 0 aromatic heterocycles. The number of carboxylic acid groups (broad SMARTS) is 2. The number of hydrogen-bond donors (Lipinski definition) is 2. The maximum Gasteiger partial charge on any atom is 0.166 e. The molecule has 0 aliphatic heterocycles. The van der Waals surface area contributed by atoms with Gasteiger partial charge in [-0.2, -0.15) is 0 Å². The predicted molar refractivity (Wildman–Crippen MR) is 90.1 cm³/mol. The van der Waals surface area contributed by atoms with Gasteiger partial charge >= 0.3 is 0 Å². The number of nitrogens with zero attached hydrogens (tertiary/aromatic N) is 1. The largest absolute Gasteiger partial charge is 0.544 e. The summed E-state index contributed by atoms with van der Waals surface area (Å²) < 4.78 is 0. The first-order chi connectivity index (χ1) is 13.0. The molecule has 2 aromatic carbocycles. The fourth-order valence-corrected chi connectivity index (χ4v) is 2.93. The summed E-state index contributed by atoms with van der Waals surface area (Å²) in [6.07, 6.45) is -1.12. The molecule has 0 saturated heterocycles. The lowest BCUT2D eigenvalue weighted by Gasteiger charge is -2.18. The first-order valence-electron chi connectivity index (χ1n) is 8.31. The molecule has 0 saturated carbocycles. The Morgan fingerprint density at radius 2 is 1.44 bits per heavy atom. The Morgan fingerprint density at radius 3 is 1.93 bits per heavy atom. The molecule has 1 atom stereocenters. The van der Waals surface area contributed by atoms with E-state index in [0.717, 1.165) is 27.6 Å². The summed E-state index contributed by atoms with van der Waals surface area (Å²) in [6, 6.07) is 13.6. The van der Waals surface area contributed by atoms with Gasteiger partial charge in [0.2, 0.25) is 0 Å². The fourth-order valence-electron chi connectivity index (χ4n) is 2.93. The van der Waals surface area contributed by atoms with Crippen molar-refractivity contribution < 1.29 is 35.1 Å². The molecule has 8 heteroatoms. The lowest BCUT2D eigenvalue weighted by atomic mass is 10.1. The molecule has 2 aromatic rings. The summed E-state index contributed by atoms with van der Waals surface area (Å²) >= 11 is 0. The normalized spacial score (nSPS) is 13.0. The standard InChI is InChI=1S/C19H18N2O6/c22-11(9-20-17(18(23)24)19(25)26)10-27-21-16-14-7-3-1-5-12(14)13-6-2-4-8-15(13)16/h1-8,11,17,20,22H,9-10H2,(H,23,24)(H,25,26)/p-1/t11-/m1/s1. The van der Waals surface area contributed by atoms with E-state index in [1.165, 1.54) is 0 Å². The predicted octanol–water partition coefficient (Wildman–Crippen LogP) is -2.77. The third-order valence-corrected chi connectivity index (χ3v) is 4.23. The van der Waals surface area contributed by atoms with E-state index in [1.54, 1.807) is 0 Å². The van der Waals surface area contributed by atoms with Crippen LogP contribution in [0.5, 0.6) is 0 Å². The van der Waals surface area contributed by atoms with Gasteiger partial charge in [-0.3, -0.25) is 0 Å². The van der Waals surface area contributed by atoms with Crippen molar-refractivity contribution in [1.82, 2.24) is 0 Å². The molecule has 8 nitrogen and oxygen atoms in total. The van der Waals surface area contributed by atoms with Gasteiger partial charge in [-0.15, -0.1) is 0 Å². The average Bonchev–Trinajstić information content (AvgIpc) is 2.96. The van der Waals surface area contributed by atoms with Gasteiger partial charge in [-0.1, -0.05) is 53.7 Å². The summed E-state index contributed by atoms with van der Waals surface area (Å²) in [4.78, 5) is 26.6. The molecule has 0 amide bonds. The van der Waals surface area contributed by atoms with Gasteiger partial charge in [0, 0.05) is 11.1 Å². The number of nitrogens with two attached hydrogens (primary N) is 1. The van der Waals surface area contributed by atoms with Crippen molar-refractivity contribution in [3.8, 4) is 11.1 Å². The van der Waals surface area contributed by atoms with E-state index in [9.17, 15) is 24.9 Å². The van der Waals surface area contributed by atoms with E-state index in [4.69, 9.17) is 4.84 Å². The highest BCUT2D eigenvalue weighted by Gasteiger charge is 2.24. The first kappa shape index (κ1) is 18.6. The number of carbonyl (C=O) groups is 2. The van der Waals surface area contributed by atoms with Crippen molar-refractivity contribution in [2.45, 2.75) is 12.1 Å². The monoisotopic (exact) mass is 369 g/mol. The lowest BCUT2D eigenvalue weighted by Crippen LogP contribution is -2.97. The molecule has 0 fully saturated rings. The van der Waals surface area contributed by atoms with Crippen molar-refractivity contribution in [2.24, 2.45) is 5.16 Å². The van der Waals surface area contributed by atoms with Crippen molar-refractivity contribution >= 4 is 17.7 Å². The molecule has 0 spiro atoms. The molecule has 0 heterocycles. The lowest BCUT2D eigenvalue weighted by molar-refractivity contribution is -0.683. The van der Waals surface area contributed by atoms with Crippen LogP contribution in [-0.2, 0) is 14.4 Å². The van der Waals surface area contributed by atoms with E-state index < -0.39 is 24.1 Å². The molecule has 3 N–H and O–H groups in total. The van der Waals surface area contributed by atoms with Crippen LogP contribution in [0.2, 0.25) is 0 Å². The van der Waals surface area contributed by atoms with E-state index in [1.807, 2.05) is 48.5 Å². The van der Waals surface area contributed by atoms with Gasteiger partial charge < -0.3 is 35.1 Å². The minimum Gasteiger partial charge on any atom is -0.544 e. The van der Waals surface area contributed by atoms with Crippen LogP contribution in [0.4, 0.5) is 0 Å². The highest BCUT2D eigenvalue weighted by Crippen LogP contribution is 2.36. The van der Waals surface area contributed by atoms with Crippen LogP contribution in [0.1, 0.15) is 11.1 Å². The quantitative estimate of drug-likeness (QED) is 0.325. The summed E-state index contributed by atoms with van der Waals surface area (Å²) in [5.74, 6) is -3.58. The number of aliphatic carboxylic acids is 2. The highest BCUT2D eigenvalue weighted by molar-refractivity contribution is 6.24. The second-order valence-corrected chi connectivity index (χ2v) is 6.07. The van der Waals surface area contributed by atoms with Crippen molar-refractivity contribution in [1.29, 1.82) is 0 Å². The molecule has 1 aliphatic rings. The number of benzene rings is 2. The minimum absolute atomic E-state index is 0.218. The SMILES string of the molecule is O=C([O-])C([NH2+]C[C@@H](O)CON=C1c2ccccc2-c2ccccc21)C(=O)[O-]. The molecule has 0 bridgehead atoms. The number of carboxylic acids is 2. The molecule has 140 valence electrons. The van der Waals surface area contributed by atoms with Crippen LogP contribution in [0, 0.1) is 0 Å². The van der Waals surface area contributed by atoms with Gasteiger partial charge in [0.25, 0.3) is 0 Å². The van der Waals surface area contributed by atoms with E-state index in [0.29, 0.717) is 5.71 Å². The Labute approximate surface area is 154 Å². The molecular weight excluding hydrogens is 352 g/mol. The van der Waals surface area contributed by atoms with E-state index >= 15 is 0 Å². The third-order valence-electron chi connectivity index (χ3n) is 4.23. The maximum atomic E-state index is 10.7. The van der Waals surface area contributed by atoms with Crippen LogP contribution in [-0.4, -0.2) is 48.1 Å². The number of aliphatic hydroxyl groups excluding tert-OH is 1. The molecule has 0 radical (unpaired) electrons. The molecular formula is C19H17N2O6-. The Kier molecular flexibility index (Phi) is 5.49. The Balaban J connectivity index is 1.65. The van der Waals surface area contributed by atoms with Crippen molar-refractivity contribution in [3.05, 3.63) is 59.7 Å². The number of hydrogen-bond acceptors (Lipinski definition) is 7. The third kappa shape index (κ3) is 3.97. The Bertz CT molecular complexity index is 834. The molecule has 1 aliphatic carbocycles. The van der Waals surface area contributed by atoms with Gasteiger partial charge in [0.15, 0.2) is 6.04 Å². The van der Waals surface area contributed by atoms with Crippen molar-refractivity contribution in [2.75, 3.05) is 13.2 Å². The number of fused-ring (bicyclic) bond motifs is 3. The summed E-state index contributed by atoms with van der Waals surface area (Å²) in [6.45, 7) is -0.443. The van der Waals surface area contributed by atoms with Crippen LogP contribution in [0.3, 0.4) is 0 Å². The molecule has 0 unspecified atom stereocenters. The van der Waals surface area contributed by atoms with Crippen LogP contribution >= 0.6 is 0 Å². The first-order valence-corrected chi connectivity index (χ1v) is 8.31. The van der Waals surface area contributed by atoms with E-state index in [2.05, 4.69) is 5.16 Å². The number of carbonyl (C=O) groups excluding carboxylic acids is 2. The zero-order valence-electron chi connectivity index (χ0n) is 14.2. The van der Waals surface area contributed by atoms with Crippen LogP contribution in [0.15, 0.2) is 53.7 Å². The summed E-state index contributed by atoms with van der Waals surface area (Å²) in [5, 5.41) is 36.3. The second kappa shape index (κ2) is 7.98. The van der Waals surface area contributed by atoms with Crippen LogP contribution in [0.25, 0.3) is 11.1 Å². The summed E-state index contributed by atoms with van der Waals surface area (Å²) in [5.41, 5.74) is 4.53. The van der Waals surface area contributed by atoms with Gasteiger partial charge in [-0.05, 0) is 11.1 Å². The second-order valence-electron chi connectivity index (χ2n) is 6.07. The van der Waals surface area contributed by atoms with Gasteiger partial charge in [0.05, 0.1) is 0 Å². The molecule has 27 heavy (non-hydrogen) atoms. The molecule has 3 rings (SSSR count). The summed E-state index contributed by atoms with van der Waals surface area (Å²) in [7, 11) is 0. The maximum absolute atomic E-state index is 10.7. The fraction of sp³-hybridized carbons (Fsp3) is 0.211. The van der Waals surface area contributed by atoms with Crippen molar-refractivity contribution in [3.63, 3.8) is 0 Å². The highest BCUT2D eigenvalue weighted by atomic mass is 16.6. The Hall–Kier alpha value is -3.23. The number of rotatable bonds is 8. The zero-order valence-corrected chi connectivity index (χ0v) is 14.2. The zero-order chi connectivity index (χ0) is 19.4. The van der Waals surface area contributed by atoms with E-state index in [-0.39, 0.29) is 13.2 Å². The average molecular weight is 369 g/mol. The Morgan fingerprint density at radius 1 is 0.963 bits per heavy atom. The number of oxime groups is 1. The van der Waals surface area contributed by atoms with Crippen LogP contribution < -0.4 is 15.5 Å².